The molecule has 4 nitrogen and oxygen atoms in total. The zero-order chi connectivity index (χ0) is 18.8. The molecule has 0 spiro atoms. The lowest BCUT2D eigenvalue weighted by Crippen LogP contribution is -2.40. The molecule has 0 saturated heterocycles. The van der Waals surface area contributed by atoms with E-state index in [9.17, 15) is 23.1 Å². The van der Waals surface area contributed by atoms with Gasteiger partial charge in [-0.2, -0.15) is 13.2 Å². The summed E-state index contributed by atoms with van der Waals surface area (Å²) in [5.74, 6) is 0. The van der Waals surface area contributed by atoms with Crippen molar-refractivity contribution in [3.05, 3.63) is 59.7 Å². The molecule has 1 amide bonds. The van der Waals surface area contributed by atoms with E-state index in [1.807, 2.05) is 24.3 Å². The molecule has 2 aromatic rings. The molecule has 0 unspecified atom stereocenters. The lowest BCUT2D eigenvalue weighted by Gasteiger charge is -2.32. The Labute approximate surface area is 148 Å². The number of ether oxygens (including phenoxy) is 1. The van der Waals surface area contributed by atoms with Gasteiger partial charge in [-0.1, -0.05) is 48.5 Å². The summed E-state index contributed by atoms with van der Waals surface area (Å²) in [4.78, 5) is 12.1. The second kappa shape index (κ2) is 6.99. The second-order valence-corrected chi connectivity index (χ2v) is 6.10. The van der Waals surface area contributed by atoms with Crippen LogP contribution in [0.2, 0.25) is 0 Å². The van der Waals surface area contributed by atoms with Crippen LogP contribution in [0.3, 0.4) is 0 Å². The first kappa shape index (κ1) is 18.3. The summed E-state index contributed by atoms with van der Waals surface area (Å²) in [6.07, 6.45) is -5.08. The number of benzene rings is 2. The third-order valence-corrected chi connectivity index (χ3v) is 4.40. The van der Waals surface area contributed by atoms with Crippen molar-refractivity contribution in [2.45, 2.75) is 24.6 Å². The fraction of sp³-hybridized carbons (Fsp3) is 0.316. The number of hydrogen-bond acceptors (Lipinski definition) is 3. The number of rotatable bonds is 5. The van der Waals surface area contributed by atoms with Gasteiger partial charge in [-0.3, -0.25) is 0 Å². The maximum atomic E-state index is 12.4. The number of nitrogens with one attached hydrogen (secondary N) is 1. The van der Waals surface area contributed by atoms with Gasteiger partial charge < -0.3 is 15.2 Å². The monoisotopic (exact) mass is 365 g/mol. The van der Waals surface area contributed by atoms with Gasteiger partial charge in [0.1, 0.15) is 6.54 Å². The van der Waals surface area contributed by atoms with Crippen molar-refractivity contribution in [2.75, 3.05) is 13.2 Å². The summed E-state index contributed by atoms with van der Waals surface area (Å²) >= 11 is 0. The predicted molar refractivity (Wildman–Crippen MR) is 89.5 cm³/mol. The van der Waals surface area contributed by atoms with Crippen molar-refractivity contribution in [3.63, 3.8) is 0 Å². The topological polar surface area (TPSA) is 58.6 Å². The lowest BCUT2D eigenvalue weighted by atomic mass is 9.86. The van der Waals surface area contributed by atoms with Gasteiger partial charge in [0, 0.05) is 17.7 Å². The zero-order valence-corrected chi connectivity index (χ0v) is 13.8. The van der Waals surface area contributed by atoms with Crippen molar-refractivity contribution < 1.29 is 27.8 Å². The van der Waals surface area contributed by atoms with Gasteiger partial charge in [-0.25, -0.2) is 4.79 Å². The number of carbonyl (C=O) groups excluding carboxylic acids is 1. The minimum absolute atomic E-state index is 0.125. The van der Waals surface area contributed by atoms with Crippen LogP contribution in [0.15, 0.2) is 48.5 Å². The number of alkyl halides is 3. The van der Waals surface area contributed by atoms with Crippen molar-refractivity contribution in [1.29, 1.82) is 0 Å². The zero-order valence-electron chi connectivity index (χ0n) is 13.8. The first-order valence-corrected chi connectivity index (χ1v) is 8.21. The van der Waals surface area contributed by atoms with E-state index in [1.165, 1.54) is 0 Å². The highest BCUT2D eigenvalue weighted by molar-refractivity contribution is 5.82. The Balaban J connectivity index is 2.01. The lowest BCUT2D eigenvalue weighted by molar-refractivity contribution is -0.124. The smallest absolute Gasteiger partial charge is 0.408 e. The molecule has 0 atom stereocenters. The third-order valence-electron chi connectivity index (χ3n) is 4.40. The molecule has 0 saturated carbocycles. The molecule has 0 heterocycles. The molecule has 2 N–H and O–H groups in total. The van der Waals surface area contributed by atoms with Crippen molar-refractivity contribution in [1.82, 2.24) is 5.32 Å². The number of alkyl carbamates (subject to hydrolysis) is 1. The van der Waals surface area contributed by atoms with Crippen molar-refractivity contribution in [2.24, 2.45) is 0 Å². The van der Waals surface area contributed by atoms with Gasteiger partial charge in [0.25, 0.3) is 0 Å². The van der Waals surface area contributed by atoms with Crippen LogP contribution in [0.1, 0.15) is 24.0 Å². The quantitative estimate of drug-likeness (QED) is 0.843. The Kier molecular flexibility index (Phi) is 4.91. The molecule has 1 aliphatic carbocycles. The van der Waals surface area contributed by atoms with E-state index in [1.54, 1.807) is 29.6 Å². The minimum atomic E-state index is -4.53. The first-order valence-electron chi connectivity index (χ1n) is 8.21. The van der Waals surface area contributed by atoms with Crippen molar-refractivity contribution >= 4 is 6.09 Å². The van der Waals surface area contributed by atoms with Crippen molar-refractivity contribution in [3.8, 4) is 11.1 Å². The van der Waals surface area contributed by atoms with Crippen LogP contribution >= 0.6 is 0 Å². The van der Waals surface area contributed by atoms with Gasteiger partial charge in [-0.05, 0) is 24.0 Å². The highest BCUT2D eigenvalue weighted by atomic mass is 19.4. The minimum Gasteiger partial charge on any atom is -0.433 e. The molecule has 0 aliphatic heterocycles. The molecule has 0 fully saturated rings. The van der Waals surface area contributed by atoms with E-state index in [-0.39, 0.29) is 13.0 Å². The van der Waals surface area contributed by atoms with Crippen LogP contribution < -0.4 is 5.32 Å². The molecule has 3 rings (SSSR count). The summed E-state index contributed by atoms with van der Waals surface area (Å²) in [5, 5.41) is 11.0. The van der Waals surface area contributed by atoms with Gasteiger partial charge >= 0.3 is 12.3 Å². The van der Waals surface area contributed by atoms with E-state index in [4.69, 9.17) is 4.74 Å². The normalized spacial score (nSPS) is 14.5. The van der Waals surface area contributed by atoms with E-state index in [0.717, 1.165) is 11.1 Å². The van der Waals surface area contributed by atoms with E-state index < -0.39 is 24.4 Å². The number of hydrogen-bond donors (Lipinski definition) is 2. The summed E-state index contributed by atoms with van der Waals surface area (Å²) in [7, 11) is 0. The summed E-state index contributed by atoms with van der Waals surface area (Å²) in [5.41, 5.74) is 1.91. The molecule has 1 aliphatic rings. The standard InChI is InChI=1S/C19H18F3NO3/c20-19(21,22)12-23-17(25)26-18(10-5-11-24)15-8-3-1-6-13(15)14-7-2-4-9-16(14)18/h1-4,6-9,24H,5,10-12H2,(H,23,25). The van der Waals surface area contributed by atoms with Crippen LogP contribution in [-0.2, 0) is 10.3 Å². The Morgan fingerprint density at radius 3 is 2.08 bits per heavy atom. The van der Waals surface area contributed by atoms with E-state index in [0.29, 0.717) is 17.5 Å². The number of aliphatic hydroxyl groups excluding tert-OH is 1. The van der Waals surface area contributed by atoms with Gasteiger partial charge in [0.15, 0.2) is 5.60 Å². The number of amides is 1. The molecule has 2 aromatic carbocycles. The highest BCUT2D eigenvalue weighted by Gasteiger charge is 2.46. The van der Waals surface area contributed by atoms with Crippen LogP contribution in [0, 0.1) is 0 Å². The van der Waals surface area contributed by atoms with Gasteiger partial charge in [0.2, 0.25) is 0 Å². The SMILES string of the molecule is O=C(NCC(F)(F)F)OC1(CCCO)c2ccccc2-c2ccccc21. The largest absolute Gasteiger partial charge is 0.433 e. The molecule has 0 bridgehead atoms. The van der Waals surface area contributed by atoms with Crippen LogP contribution in [0.25, 0.3) is 11.1 Å². The second-order valence-electron chi connectivity index (χ2n) is 6.10. The maximum absolute atomic E-state index is 12.4. The molecule has 26 heavy (non-hydrogen) atoms. The Hall–Kier alpha value is -2.54. The molecule has 138 valence electrons. The third kappa shape index (κ3) is 3.39. The highest BCUT2D eigenvalue weighted by Crippen LogP contribution is 2.51. The fourth-order valence-corrected chi connectivity index (χ4v) is 3.41. The molecule has 7 heteroatoms. The van der Waals surface area contributed by atoms with E-state index in [2.05, 4.69) is 0 Å². The van der Waals surface area contributed by atoms with Gasteiger partial charge in [-0.15, -0.1) is 0 Å². The summed E-state index contributed by atoms with van der Waals surface area (Å²) in [6, 6.07) is 14.6. The Morgan fingerprint density at radius 1 is 1.04 bits per heavy atom. The number of halogens is 3. The van der Waals surface area contributed by atoms with Crippen LogP contribution in [0.4, 0.5) is 18.0 Å². The average Bonchev–Trinajstić information content (AvgIpc) is 2.89. The fourth-order valence-electron chi connectivity index (χ4n) is 3.41. The maximum Gasteiger partial charge on any atom is 0.408 e. The summed E-state index contributed by atoms with van der Waals surface area (Å²) in [6.45, 7) is -1.59. The Morgan fingerprint density at radius 2 is 1.58 bits per heavy atom. The molecule has 0 radical (unpaired) electrons. The van der Waals surface area contributed by atoms with Crippen LogP contribution in [-0.4, -0.2) is 30.5 Å². The number of fused-ring (bicyclic) bond motifs is 3. The average molecular weight is 365 g/mol. The molecular formula is C19H18F3NO3. The van der Waals surface area contributed by atoms with E-state index >= 15 is 0 Å². The van der Waals surface area contributed by atoms with Gasteiger partial charge in [0.05, 0.1) is 0 Å². The Bertz CT molecular complexity index is 759. The molecule has 0 aromatic heterocycles. The number of aliphatic hydroxyl groups is 1. The first-order chi connectivity index (χ1) is 12.4. The summed E-state index contributed by atoms with van der Waals surface area (Å²) < 4.78 is 42.8. The predicted octanol–water partition coefficient (Wildman–Crippen LogP) is 3.97. The van der Waals surface area contributed by atoms with Crippen LogP contribution in [0.5, 0.6) is 0 Å². The number of carbonyl (C=O) groups is 1. The molecular weight excluding hydrogens is 347 g/mol.